The maximum atomic E-state index is 10.9. The van der Waals surface area contributed by atoms with Crippen LogP contribution in [-0.4, -0.2) is 21.4 Å². The first-order valence-electron chi connectivity index (χ1n) is 13.9. The first-order valence-corrected chi connectivity index (χ1v) is 13.9. The van der Waals surface area contributed by atoms with Crippen LogP contribution in [0.4, 0.5) is 0 Å². The minimum atomic E-state index is -0.421. The van der Waals surface area contributed by atoms with E-state index in [4.69, 9.17) is 0 Å². The van der Waals surface area contributed by atoms with Crippen molar-refractivity contribution in [3.8, 4) is 0 Å². The molecule has 0 heterocycles. The monoisotopic (exact) mass is 430 g/mol. The van der Waals surface area contributed by atoms with Crippen LogP contribution in [0, 0.1) is 52.3 Å². The van der Waals surface area contributed by atoms with Crippen molar-refractivity contribution in [3.05, 3.63) is 0 Å². The highest BCUT2D eigenvalue weighted by Gasteiger charge is 2.61. The molecule has 5 rings (SSSR count). The quantitative estimate of drug-likeness (QED) is 0.494. The summed E-state index contributed by atoms with van der Waals surface area (Å²) in [5.74, 6) is 5.65. The normalized spacial score (nSPS) is 52.5. The first-order chi connectivity index (χ1) is 14.5. The van der Waals surface area contributed by atoms with Crippen molar-refractivity contribution in [1.29, 1.82) is 0 Å². The van der Waals surface area contributed by atoms with Crippen LogP contribution < -0.4 is 0 Å². The molecule has 0 aromatic rings. The Hall–Kier alpha value is -0.0800. The van der Waals surface area contributed by atoms with Crippen molar-refractivity contribution >= 4 is 0 Å². The van der Waals surface area contributed by atoms with Gasteiger partial charge in [-0.1, -0.05) is 20.8 Å². The molecule has 0 saturated heterocycles. The summed E-state index contributed by atoms with van der Waals surface area (Å²) >= 11 is 0. The molecule has 2 heteroatoms. The second-order valence-electron chi connectivity index (χ2n) is 14.2. The van der Waals surface area contributed by atoms with Crippen LogP contribution in [0.2, 0.25) is 0 Å². The van der Waals surface area contributed by atoms with E-state index in [2.05, 4.69) is 34.6 Å². The molecule has 5 aliphatic rings. The van der Waals surface area contributed by atoms with Crippen LogP contribution in [-0.2, 0) is 0 Å². The summed E-state index contributed by atoms with van der Waals surface area (Å²) in [4.78, 5) is 0. The summed E-state index contributed by atoms with van der Waals surface area (Å²) < 4.78 is 0. The molecule has 0 aromatic heterocycles. The third-order valence-corrected chi connectivity index (χ3v) is 12.3. The predicted molar refractivity (Wildman–Crippen MR) is 128 cm³/mol. The number of aliphatic hydroxyl groups is 2. The van der Waals surface area contributed by atoms with Crippen LogP contribution in [0.5, 0.6) is 0 Å². The standard InChI is InChI=1S/C29H50O2/c1-19(12-15-29(5,31)20-6-7-20)23-10-11-24-22-9-8-21-18-26(2,30)16-17-27(21,3)25(22)13-14-28(23,24)4/h19-25,30-31H,6-18H2,1-5H3/t19-,21?,22+,23-,24?,25?,26+,27+,28-,29-/m1/s1. The largest absolute Gasteiger partial charge is 0.390 e. The van der Waals surface area contributed by atoms with Gasteiger partial charge in [-0.05, 0) is 150 Å². The molecule has 2 N–H and O–H groups in total. The highest BCUT2D eigenvalue weighted by molar-refractivity contribution is 5.10. The Morgan fingerprint density at radius 2 is 1.58 bits per heavy atom. The molecule has 10 atom stereocenters. The van der Waals surface area contributed by atoms with Gasteiger partial charge in [0.2, 0.25) is 0 Å². The van der Waals surface area contributed by atoms with Crippen LogP contribution in [0.3, 0.4) is 0 Å². The molecule has 3 unspecified atom stereocenters. The molecular weight excluding hydrogens is 380 g/mol. The van der Waals surface area contributed by atoms with Crippen molar-refractivity contribution in [2.45, 2.75) is 129 Å². The topological polar surface area (TPSA) is 40.5 Å². The van der Waals surface area contributed by atoms with Crippen molar-refractivity contribution in [2.75, 3.05) is 0 Å². The van der Waals surface area contributed by atoms with E-state index in [1.807, 2.05) is 0 Å². The van der Waals surface area contributed by atoms with Crippen LogP contribution >= 0.6 is 0 Å². The van der Waals surface area contributed by atoms with E-state index in [9.17, 15) is 10.2 Å². The van der Waals surface area contributed by atoms with Crippen molar-refractivity contribution in [3.63, 3.8) is 0 Å². The number of fused-ring (bicyclic) bond motifs is 5. The Bertz CT molecular complexity index is 678. The second kappa shape index (κ2) is 7.46. The number of hydrogen-bond acceptors (Lipinski definition) is 2. The molecule has 0 bridgehead atoms. The molecule has 5 saturated carbocycles. The second-order valence-corrected chi connectivity index (χ2v) is 14.2. The Morgan fingerprint density at radius 3 is 2.29 bits per heavy atom. The molecule has 2 nitrogen and oxygen atoms in total. The van der Waals surface area contributed by atoms with E-state index in [1.54, 1.807) is 0 Å². The SMILES string of the molecule is C[C@H](CC[C@@](C)(O)C1CC1)[C@H]1CCC2[C@@H]3CCC4C[C@@](C)(O)CC[C@]4(C)C3CC[C@@]21C. The zero-order chi connectivity index (χ0) is 22.2. The Balaban J connectivity index is 1.28. The molecular formula is C29H50O2. The van der Waals surface area contributed by atoms with Gasteiger partial charge < -0.3 is 10.2 Å². The summed E-state index contributed by atoms with van der Waals surface area (Å²) in [7, 11) is 0. The van der Waals surface area contributed by atoms with Gasteiger partial charge in [0.15, 0.2) is 0 Å². The fourth-order valence-electron chi connectivity index (χ4n) is 10.0. The zero-order valence-electron chi connectivity index (χ0n) is 21.1. The molecule has 31 heavy (non-hydrogen) atoms. The van der Waals surface area contributed by atoms with Crippen molar-refractivity contribution in [2.24, 2.45) is 52.3 Å². The predicted octanol–water partition coefficient (Wildman–Crippen LogP) is 6.97. The lowest BCUT2D eigenvalue weighted by Crippen LogP contribution is -2.55. The molecule has 0 spiro atoms. The average molecular weight is 431 g/mol. The molecule has 5 aliphatic carbocycles. The van der Waals surface area contributed by atoms with Crippen molar-refractivity contribution in [1.82, 2.24) is 0 Å². The van der Waals surface area contributed by atoms with E-state index < -0.39 is 11.2 Å². The average Bonchev–Trinajstić information content (AvgIpc) is 3.49. The summed E-state index contributed by atoms with van der Waals surface area (Å²) in [5.41, 5.74) is 0.157. The van der Waals surface area contributed by atoms with Crippen LogP contribution in [0.25, 0.3) is 0 Å². The fourth-order valence-corrected chi connectivity index (χ4v) is 10.0. The van der Waals surface area contributed by atoms with Gasteiger partial charge in [0.05, 0.1) is 11.2 Å². The molecule has 5 fully saturated rings. The highest BCUT2D eigenvalue weighted by Crippen LogP contribution is 2.69. The maximum absolute atomic E-state index is 10.9. The van der Waals surface area contributed by atoms with Gasteiger partial charge in [-0.3, -0.25) is 0 Å². The molecule has 0 radical (unpaired) electrons. The summed E-state index contributed by atoms with van der Waals surface area (Å²) in [6.07, 6.45) is 16.5. The van der Waals surface area contributed by atoms with E-state index in [0.717, 1.165) is 54.8 Å². The molecule has 0 aromatic carbocycles. The lowest BCUT2D eigenvalue weighted by atomic mass is 9.43. The number of rotatable bonds is 5. The van der Waals surface area contributed by atoms with Gasteiger partial charge in [-0.2, -0.15) is 0 Å². The Morgan fingerprint density at radius 1 is 0.871 bits per heavy atom. The highest BCUT2D eigenvalue weighted by atomic mass is 16.3. The van der Waals surface area contributed by atoms with Crippen LogP contribution in [0.15, 0.2) is 0 Å². The van der Waals surface area contributed by atoms with Gasteiger partial charge in [0.1, 0.15) is 0 Å². The third kappa shape index (κ3) is 3.74. The van der Waals surface area contributed by atoms with E-state index in [1.165, 1.54) is 64.2 Å². The van der Waals surface area contributed by atoms with Gasteiger partial charge in [-0.15, -0.1) is 0 Å². The summed E-state index contributed by atoms with van der Waals surface area (Å²) in [6, 6.07) is 0. The van der Waals surface area contributed by atoms with Gasteiger partial charge >= 0.3 is 0 Å². The minimum Gasteiger partial charge on any atom is -0.390 e. The zero-order valence-corrected chi connectivity index (χ0v) is 21.1. The van der Waals surface area contributed by atoms with E-state index in [-0.39, 0.29) is 0 Å². The number of hydrogen-bond donors (Lipinski definition) is 2. The van der Waals surface area contributed by atoms with Crippen LogP contribution in [0.1, 0.15) is 118 Å². The van der Waals surface area contributed by atoms with E-state index >= 15 is 0 Å². The molecule has 178 valence electrons. The van der Waals surface area contributed by atoms with Crippen molar-refractivity contribution < 1.29 is 10.2 Å². The van der Waals surface area contributed by atoms with Gasteiger partial charge in [0.25, 0.3) is 0 Å². The summed E-state index contributed by atoms with van der Waals surface area (Å²) in [6.45, 7) is 12.0. The van der Waals surface area contributed by atoms with E-state index in [0.29, 0.717) is 16.7 Å². The smallest absolute Gasteiger partial charge is 0.0647 e. The maximum Gasteiger partial charge on any atom is 0.0647 e. The minimum absolute atomic E-state index is 0.417. The summed E-state index contributed by atoms with van der Waals surface area (Å²) in [5, 5.41) is 21.6. The first kappa shape index (κ1) is 22.7. The molecule has 0 aliphatic heterocycles. The lowest BCUT2D eigenvalue weighted by molar-refractivity contribution is -0.148. The third-order valence-electron chi connectivity index (χ3n) is 12.3. The fraction of sp³-hybridized carbons (Fsp3) is 1.00. The Kier molecular flexibility index (Phi) is 5.46. The Labute approximate surface area is 192 Å². The van der Waals surface area contributed by atoms with Gasteiger partial charge in [-0.25, -0.2) is 0 Å². The lowest BCUT2D eigenvalue weighted by Gasteiger charge is -2.62. The molecule has 0 amide bonds. The van der Waals surface area contributed by atoms with Gasteiger partial charge in [0, 0.05) is 0 Å².